The molecule has 0 bridgehead atoms. The van der Waals surface area contributed by atoms with Crippen molar-refractivity contribution in [1.82, 2.24) is 0 Å². The molecule has 0 amide bonds. The van der Waals surface area contributed by atoms with Crippen LogP contribution >= 0.6 is 15.9 Å². The molecule has 1 aromatic rings. The maximum absolute atomic E-state index is 13.2. The van der Waals surface area contributed by atoms with Gasteiger partial charge in [0.1, 0.15) is 5.25 Å². The molecule has 2 unspecified atom stereocenters. The normalized spacial score (nSPS) is 21.9. The third kappa shape index (κ3) is 4.90. The fourth-order valence-electron chi connectivity index (χ4n) is 3.70. The number of esters is 1. The molecule has 7 nitrogen and oxygen atoms in total. The van der Waals surface area contributed by atoms with Crippen LogP contribution in [-0.2, 0) is 29.0 Å². The minimum absolute atomic E-state index is 0.0462. The Bertz CT molecular complexity index is 923. The van der Waals surface area contributed by atoms with Gasteiger partial charge in [-0.2, -0.15) is 0 Å². The highest BCUT2D eigenvalue weighted by molar-refractivity contribution is 9.10. The van der Waals surface area contributed by atoms with Crippen molar-refractivity contribution in [3.8, 4) is 0 Å². The fraction of sp³-hybridized carbons (Fsp3) is 0.571. The molecule has 2 aliphatic rings. The van der Waals surface area contributed by atoms with E-state index in [0.29, 0.717) is 35.7 Å². The first-order valence-electron chi connectivity index (χ1n) is 10.2. The molecule has 0 radical (unpaired) electrons. The number of hydrogen-bond donors (Lipinski definition) is 1. The molecule has 1 N–H and O–H groups in total. The number of benzene rings is 1. The molecule has 1 aliphatic carbocycles. The summed E-state index contributed by atoms with van der Waals surface area (Å²) in [5, 5.41) is -1.06. The van der Waals surface area contributed by atoms with Gasteiger partial charge in [-0.3, -0.25) is 4.72 Å². The molecule has 0 saturated carbocycles. The lowest BCUT2D eigenvalue weighted by Gasteiger charge is -2.33. The molecular formula is C21H28BrNO6S. The first-order valence-corrected chi connectivity index (χ1v) is 12.5. The standard InChI is InChI=1S/C21H28BrNO6S/c1-4-14(3)15-6-7-18(17(22)12-15)23-30(25,26)19-8-9-21(28-10-11-29-21)13-16(19)20(24)27-5-2/h6-7,12-14,19,23H,4-5,8-11H2,1-3H3. The fourth-order valence-corrected chi connectivity index (χ4v) is 5.88. The number of ether oxygens (including phenoxy) is 3. The molecular weight excluding hydrogens is 474 g/mol. The van der Waals surface area contributed by atoms with Gasteiger partial charge in [-0.1, -0.05) is 19.9 Å². The van der Waals surface area contributed by atoms with E-state index < -0.39 is 27.0 Å². The molecule has 1 heterocycles. The molecule has 1 aliphatic heterocycles. The summed E-state index contributed by atoms with van der Waals surface area (Å²) in [6, 6.07) is 5.57. The summed E-state index contributed by atoms with van der Waals surface area (Å²) in [6.07, 6.45) is 2.99. The van der Waals surface area contributed by atoms with Crippen molar-refractivity contribution in [2.45, 2.75) is 57.0 Å². The lowest BCUT2D eigenvalue weighted by molar-refractivity contribution is -0.143. The topological polar surface area (TPSA) is 90.9 Å². The minimum atomic E-state index is -3.92. The molecule has 1 fully saturated rings. The Kier molecular flexibility index (Phi) is 7.27. The number of sulfonamides is 1. The van der Waals surface area contributed by atoms with Gasteiger partial charge >= 0.3 is 5.97 Å². The van der Waals surface area contributed by atoms with Crippen molar-refractivity contribution >= 4 is 37.6 Å². The van der Waals surface area contributed by atoms with E-state index in [0.717, 1.165) is 12.0 Å². The second-order valence-corrected chi connectivity index (χ2v) is 10.3. The van der Waals surface area contributed by atoms with Crippen LogP contribution < -0.4 is 4.72 Å². The number of halogens is 1. The van der Waals surface area contributed by atoms with Crippen LogP contribution in [0.3, 0.4) is 0 Å². The summed E-state index contributed by atoms with van der Waals surface area (Å²) < 4.78 is 46.2. The first kappa shape index (κ1) is 23.2. The van der Waals surface area contributed by atoms with Crippen LogP contribution in [0.1, 0.15) is 51.5 Å². The zero-order valence-electron chi connectivity index (χ0n) is 17.4. The molecule has 1 aromatic carbocycles. The van der Waals surface area contributed by atoms with E-state index in [1.165, 1.54) is 6.08 Å². The number of hydrogen-bond acceptors (Lipinski definition) is 6. The molecule has 30 heavy (non-hydrogen) atoms. The monoisotopic (exact) mass is 501 g/mol. The van der Waals surface area contributed by atoms with Crippen LogP contribution in [0.4, 0.5) is 5.69 Å². The van der Waals surface area contributed by atoms with E-state index in [1.54, 1.807) is 13.0 Å². The van der Waals surface area contributed by atoms with Gasteiger partial charge in [0, 0.05) is 10.9 Å². The predicted octanol–water partition coefficient (Wildman–Crippen LogP) is 4.10. The van der Waals surface area contributed by atoms with Gasteiger partial charge in [0.05, 0.1) is 31.1 Å². The van der Waals surface area contributed by atoms with Gasteiger partial charge in [-0.25, -0.2) is 13.2 Å². The third-order valence-corrected chi connectivity index (χ3v) is 7.97. The molecule has 166 valence electrons. The quantitative estimate of drug-likeness (QED) is 0.565. The third-order valence-electron chi connectivity index (χ3n) is 5.57. The summed E-state index contributed by atoms with van der Waals surface area (Å²) in [5.74, 6) is -1.35. The average molecular weight is 502 g/mol. The molecule has 1 spiro atoms. The van der Waals surface area contributed by atoms with Gasteiger partial charge in [-0.15, -0.1) is 0 Å². The van der Waals surface area contributed by atoms with Gasteiger partial charge in [0.2, 0.25) is 10.0 Å². The summed E-state index contributed by atoms with van der Waals surface area (Å²) in [6.45, 7) is 6.85. The van der Waals surface area contributed by atoms with Crippen LogP contribution in [-0.4, -0.2) is 45.2 Å². The molecule has 0 aromatic heterocycles. The maximum atomic E-state index is 13.2. The highest BCUT2D eigenvalue weighted by Crippen LogP contribution is 2.38. The van der Waals surface area contributed by atoms with Crippen LogP contribution in [0.2, 0.25) is 0 Å². The van der Waals surface area contributed by atoms with E-state index in [4.69, 9.17) is 14.2 Å². The van der Waals surface area contributed by atoms with E-state index >= 15 is 0 Å². The lowest BCUT2D eigenvalue weighted by atomic mass is 9.94. The van der Waals surface area contributed by atoms with Crippen molar-refractivity contribution < 1.29 is 27.4 Å². The highest BCUT2D eigenvalue weighted by atomic mass is 79.9. The molecule has 1 saturated heterocycles. The van der Waals surface area contributed by atoms with Crippen molar-refractivity contribution in [1.29, 1.82) is 0 Å². The summed E-state index contributed by atoms with van der Waals surface area (Å²) in [7, 11) is -3.92. The van der Waals surface area contributed by atoms with Crippen molar-refractivity contribution in [2.75, 3.05) is 24.5 Å². The van der Waals surface area contributed by atoms with Crippen LogP contribution in [0.25, 0.3) is 0 Å². The summed E-state index contributed by atoms with van der Waals surface area (Å²) in [4.78, 5) is 12.6. The second-order valence-electron chi connectivity index (χ2n) is 7.55. The molecule has 9 heteroatoms. The number of nitrogens with one attached hydrogen (secondary N) is 1. The Labute approximate surface area is 186 Å². The average Bonchev–Trinajstić information content (AvgIpc) is 3.16. The summed E-state index contributed by atoms with van der Waals surface area (Å²) in [5.41, 5.74) is 1.60. The van der Waals surface area contributed by atoms with Crippen LogP contribution in [0.15, 0.2) is 34.3 Å². The number of carbonyl (C=O) groups is 1. The zero-order chi connectivity index (χ0) is 21.9. The lowest BCUT2D eigenvalue weighted by Crippen LogP contribution is -2.42. The molecule has 3 rings (SSSR count). The Morgan fingerprint density at radius 1 is 1.33 bits per heavy atom. The van der Waals surface area contributed by atoms with E-state index in [9.17, 15) is 13.2 Å². The SMILES string of the molecule is CCOC(=O)C1=CC2(CCC1S(=O)(=O)Nc1ccc(C(C)CC)cc1Br)OCCO2. The van der Waals surface area contributed by atoms with Gasteiger partial charge in [0.15, 0.2) is 5.79 Å². The Morgan fingerprint density at radius 3 is 2.63 bits per heavy atom. The Hall–Kier alpha value is -1.42. The van der Waals surface area contributed by atoms with Gasteiger partial charge in [0.25, 0.3) is 0 Å². The van der Waals surface area contributed by atoms with Crippen molar-refractivity contribution in [3.05, 3.63) is 39.9 Å². The number of rotatable bonds is 7. The largest absolute Gasteiger partial charge is 0.463 e. The van der Waals surface area contributed by atoms with Crippen LogP contribution in [0, 0.1) is 0 Å². The minimum Gasteiger partial charge on any atom is -0.463 e. The van der Waals surface area contributed by atoms with Crippen molar-refractivity contribution in [3.63, 3.8) is 0 Å². The predicted molar refractivity (Wildman–Crippen MR) is 118 cm³/mol. The number of carbonyl (C=O) groups excluding carboxylic acids is 1. The molecule has 2 atom stereocenters. The van der Waals surface area contributed by atoms with Crippen LogP contribution in [0.5, 0.6) is 0 Å². The zero-order valence-corrected chi connectivity index (χ0v) is 19.8. The van der Waals surface area contributed by atoms with Gasteiger partial charge in [-0.05, 0) is 65.4 Å². The number of anilines is 1. The van der Waals surface area contributed by atoms with Crippen molar-refractivity contribution in [2.24, 2.45) is 0 Å². The highest BCUT2D eigenvalue weighted by Gasteiger charge is 2.46. The van der Waals surface area contributed by atoms with E-state index in [-0.39, 0.29) is 18.6 Å². The van der Waals surface area contributed by atoms with Gasteiger partial charge < -0.3 is 14.2 Å². The first-order chi connectivity index (χ1) is 14.2. The smallest absolute Gasteiger partial charge is 0.335 e. The Balaban J connectivity index is 1.89. The summed E-state index contributed by atoms with van der Waals surface area (Å²) >= 11 is 3.47. The van der Waals surface area contributed by atoms with E-state index in [1.807, 2.05) is 12.1 Å². The Morgan fingerprint density at radius 2 is 2.03 bits per heavy atom. The van der Waals surface area contributed by atoms with E-state index in [2.05, 4.69) is 34.5 Å². The second kappa shape index (κ2) is 9.38. The maximum Gasteiger partial charge on any atom is 0.335 e.